The van der Waals surface area contributed by atoms with E-state index in [0.29, 0.717) is 11.4 Å². The van der Waals surface area contributed by atoms with Crippen LogP contribution in [0.1, 0.15) is 11.4 Å². The Balaban J connectivity index is 2.11. The minimum Gasteiger partial charge on any atom is -0.495 e. The first kappa shape index (κ1) is 14.8. The van der Waals surface area contributed by atoms with Crippen molar-refractivity contribution in [3.63, 3.8) is 0 Å². The van der Waals surface area contributed by atoms with E-state index in [-0.39, 0.29) is 12.5 Å². The highest BCUT2D eigenvalue weighted by atomic mass is 127. The summed E-state index contributed by atoms with van der Waals surface area (Å²) < 4.78 is 8.01. The number of para-hydroxylation sites is 2. The fourth-order valence-electron chi connectivity index (χ4n) is 1.90. The summed E-state index contributed by atoms with van der Waals surface area (Å²) in [4.78, 5) is 12.1. The number of benzene rings is 1. The number of hydrogen-bond acceptors (Lipinski definition) is 3. The van der Waals surface area contributed by atoms with Crippen molar-refractivity contribution >= 4 is 34.2 Å². The number of aromatic nitrogens is 2. The zero-order valence-corrected chi connectivity index (χ0v) is 13.8. The molecule has 0 bridgehead atoms. The van der Waals surface area contributed by atoms with Crippen LogP contribution in [-0.4, -0.2) is 22.8 Å². The van der Waals surface area contributed by atoms with Crippen LogP contribution in [-0.2, 0) is 11.3 Å². The van der Waals surface area contributed by atoms with Gasteiger partial charge in [-0.3, -0.25) is 9.48 Å². The maximum atomic E-state index is 12.1. The molecule has 0 aliphatic rings. The van der Waals surface area contributed by atoms with Crippen molar-refractivity contribution in [3.8, 4) is 5.75 Å². The topological polar surface area (TPSA) is 56.1 Å². The zero-order valence-electron chi connectivity index (χ0n) is 11.6. The van der Waals surface area contributed by atoms with Crippen molar-refractivity contribution in [2.75, 3.05) is 12.4 Å². The van der Waals surface area contributed by atoms with E-state index in [1.807, 2.05) is 38.1 Å². The van der Waals surface area contributed by atoms with Crippen LogP contribution in [0.25, 0.3) is 0 Å². The molecule has 6 heteroatoms. The molecule has 1 aromatic heterocycles. The van der Waals surface area contributed by atoms with Crippen molar-refractivity contribution in [2.24, 2.45) is 0 Å². The molecule has 106 valence electrons. The van der Waals surface area contributed by atoms with Gasteiger partial charge in [0.2, 0.25) is 5.91 Å². The third-order valence-electron chi connectivity index (χ3n) is 2.97. The Morgan fingerprint density at radius 3 is 2.70 bits per heavy atom. The van der Waals surface area contributed by atoms with Gasteiger partial charge >= 0.3 is 0 Å². The second-order valence-corrected chi connectivity index (χ2v) is 5.47. The van der Waals surface area contributed by atoms with E-state index in [4.69, 9.17) is 4.74 Å². The first-order valence-electron chi connectivity index (χ1n) is 6.15. The van der Waals surface area contributed by atoms with E-state index in [1.165, 1.54) is 0 Å². The summed E-state index contributed by atoms with van der Waals surface area (Å²) in [6, 6.07) is 7.33. The van der Waals surface area contributed by atoms with Gasteiger partial charge in [-0.2, -0.15) is 5.10 Å². The third-order valence-corrected chi connectivity index (χ3v) is 4.53. The number of ether oxygens (including phenoxy) is 1. The van der Waals surface area contributed by atoms with Gasteiger partial charge in [0, 0.05) is 5.69 Å². The molecule has 1 heterocycles. The number of carbonyl (C=O) groups is 1. The van der Waals surface area contributed by atoms with Crippen LogP contribution in [0.3, 0.4) is 0 Å². The summed E-state index contributed by atoms with van der Waals surface area (Å²) in [5, 5.41) is 7.19. The number of halogens is 1. The van der Waals surface area contributed by atoms with Gasteiger partial charge in [0.05, 0.1) is 22.1 Å². The molecule has 2 rings (SSSR count). The average Bonchev–Trinajstić information content (AvgIpc) is 2.67. The molecule has 1 amide bonds. The smallest absolute Gasteiger partial charge is 0.246 e. The number of rotatable bonds is 4. The highest BCUT2D eigenvalue weighted by molar-refractivity contribution is 14.1. The highest BCUT2D eigenvalue weighted by Crippen LogP contribution is 2.23. The predicted molar refractivity (Wildman–Crippen MR) is 86.0 cm³/mol. The second-order valence-electron chi connectivity index (χ2n) is 4.39. The number of nitrogens with one attached hydrogen (secondary N) is 1. The molecular formula is C14H16IN3O2. The van der Waals surface area contributed by atoms with E-state index in [0.717, 1.165) is 15.0 Å². The molecule has 1 aromatic carbocycles. The van der Waals surface area contributed by atoms with E-state index >= 15 is 0 Å². The fourth-order valence-corrected chi connectivity index (χ4v) is 2.29. The van der Waals surface area contributed by atoms with E-state index in [9.17, 15) is 4.79 Å². The lowest BCUT2D eigenvalue weighted by Gasteiger charge is -2.10. The molecule has 1 N–H and O–H groups in total. The van der Waals surface area contributed by atoms with Gasteiger partial charge in [-0.1, -0.05) is 12.1 Å². The zero-order chi connectivity index (χ0) is 14.7. The second kappa shape index (κ2) is 6.25. The molecule has 0 saturated heterocycles. The highest BCUT2D eigenvalue weighted by Gasteiger charge is 2.13. The Morgan fingerprint density at radius 2 is 2.10 bits per heavy atom. The van der Waals surface area contributed by atoms with E-state index in [1.54, 1.807) is 11.8 Å². The van der Waals surface area contributed by atoms with Crippen molar-refractivity contribution in [2.45, 2.75) is 20.4 Å². The minimum absolute atomic E-state index is 0.128. The van der Waals surface area contributed by atoms with Gasteiger partial charge in [-0.05, 0) is 48.6 Å². The van der Waals surface area contributed by atoms with Gasteiger partial charge in [0.1, 0.15) is 12.3 Å². The molecule has 0 spiro atoms. The van der Waals surface area contributed by atoms with Crippen molar-refractivity contribution in [1.82, 2.24) is 9.78 Å². The summed E-state index contributed by atoms with van der Waals surface area (Å²) in [7, 11) is 1.58. The fraction of sp³-hybridized carbons (Fsp3) is 0.286. The van der Waals surface area contributed by atoms with Crippen LogP contribution >= 0.6 is 22.6 Å². The lowest BCUT2D eigenvalue weighted by atomic mass is 10.3. The summed E-state index contributed by atoms with van der Waals surface area (Å²) in [5.41, 5.74) is 2.60. The maximum Gasteiger partial charge on any atom is 0.246 e. The molecule has 0 atom stereocenters. The molecule has 0 radical (unpaired) electrons. The van der Waals surface area contributed by atoms with Crippen molar-refractivity contribution < 1.29 is 9.53 Å². The number of methoxy groups -OCH3 is 1. The standard InChI is InChI=1S/C14H16IN3O2/c1-9-14(15)10(2)18(17-9)8-13(19)16-11-6-4-5-7-12(11)20-3/h4-7H,8H2,1-3H3,(H,16,19). The van der Waals surface area contributed by atoms with Crippen LogP contribution in [0.15, 0.2) is 24.3 Å². The predicted octanol–water partition coefficient (Wildman–Crippen LogP) is 2.75. The third kappa shape index (κ3) is 3.12. The minimum atomic E-state index is -0.128. The first-order valence-corrected chi connectivity index (χ1v) is 7.23. The monoisotopic (exact) mass is 385 g/mol. The summed E-state index contributed by atoms with van der Waals surface area (Å²) in [6.07, 6.45) is 0. The van der Waals surface area contributed by atoms with Gasteiger partial charge < -0.3 is 10.1 Å². The Morgan fingerprint density at radius 1 is 1.40 bits per heavy atom. The number of amides is 1. The van der Waals surface area contributed by atoms with Crippen molar-refractivity contribution in [1.29, 1.82) is 0 Å². The van der Waals surface area contributed by atoms with Crippen LogP contribution in [0.4, 0.5) is 5.69 Å². The van der Waals surface area contributed by atoms with E-state index in [2.05, 4.69) is 33.0 Å². The SMILES string of the molecule is COc1ccccc1NC(=O)Cn1nc(C)c(I)c1C. The maximum absolute atomic E-state index is 12.1. The van der Waals surface area contributed by atoms with Crippen LogP contribution in [0, 0.1) is 17.4 Å². The van der Waals surface area contributed by atoms with Crippen LogP contribution < -0.4 is 10.1 Å². The molecule has 20 heavy (non-hydrogen) atoms. The van der Waals surface area contributed by atoms with Crippen LogP contribution in [0.2, 0.25) is 0 Å². The number of carbonyl (C=O) groups excluding carboxylic acids is 1. The van der Waals surface area contributed by atoms with Gasteiger partial charge in [-0.25, -0.2) is 0 Å². The molecule has 2 aromatic rings. The first-order chi connectivity index (χ1) is 9.52. The molecular weight excluding hydrogens is 369 g/mol. The lowest BCUT2D eigenvalue weighted by molar-refractivity contribution is -0.116. The van der Waals surface area contributed by atoms with Gasteiger partial charge in [0.15, 0.2) is 0 Å². The molecule has 0 unspecified atom stereocenters. The number of nitrogens with zero attached hydrogens (tertiary/aromatic N) is 2. The number of aryl methyl sites for hydroxylation is 1. The molecule has 0 aliphatic heterocycles. The quantitative estimate of drug-likeness (QED) is 0.824. The molecule has 5 nitrogen and oxygen atoms in total. The summed E-state index contributed by atoms with van der Waals surface area (Å²) in [6.45, 7) is 4.08. The normalized spacial score (nSPS) is 10.4. The van der Waals surface area contributed by atoms with Crippen LogP contribution in [0.5, 0.6) is 5.75 Å². The molecule has 0 saturated carbocycles. The largest absolute Gasteiger partial charge is 0.495 e. The average molecular weight is 385 g/mol. The molecule has 0 aliphatic carbocycles. The Kier molecular flexibility index (Phi) is 4.64. The number of anilines is 1. The van der Waals surface area contributed by atoms with E-state index < -0.39 is 0 Å². The Bertz CT molecular complexity index is 637. The summed E-state index contributed by atoms with van der Waals surface area (Å²) in [5.74, 6) is 0.514. The van der Waals surface area contributed by atoms with Crippen molar-refractivity contribution in [3.05, 3.63) is 39.2 Å². The number of hydrogen-bond donors (Lipinski definition) is 1. The molecule has 0 fully saturated rings. The Hall–Kier alpha value is -1.57. The van der Waals surface area contributed by atoms with Gasteiger partial charge in [0.25, 0.3) is 0 Å². The summed E-state index contributed by atoms with van der Waals surface area (Å²) >= 11 is 2.24. The lowest BCUT2D eigenvalue weighted by Crippen LogP contribution is -2.20. The van der Waals surface area contributed by atoms with Gasteiger partial charge in [-0.15, -0.1) is 0 Å². The Labute approximate surface area is 131 Å².